The minimum atomic E-state index is 0.642. The molecule has 0 spiro atoms. The Balaban J connectivity index is 1.24. The first-order valence-electron chi connectivity index (χ1n) is 10.5. The van der Waals surface area contributed by atoms with E-state index in [0.717, 1.165) is 31.0 Å². The molecular weight excluding hydrogens is 384 g/mol. The smallest absolute Gasteiger partial charge is 0.224 e. The summed E-state index contributed by atoms with van der Waals surface area (Å²) in [6, 6.07) is 18.8. The van der Waals surface area contributed by atoms with Gasteiger partial charge in [0.25, 0.3) is 0 Å². The van der Waals surface area contributed by atoms with Crippen LogP contribution in [0.25, 0.3) is 11.1 Å². The van der Waals surface area contributed by atoms with Crippen LogP contribution in [0.3, 0.4) is 0 Å². The second-order valence-electron chi connectivity index (χ2n) is 7.76. The molecule has 0 saturated carbocycles. The van der Waals surface area contributed by atoms with Gasteiger partial charge >= 0.3 is 0 Å². The maximum Gasteiger partial charge on any atom is 0.224 e. The van der Waals surface area contributed by atoms with Gasteiger partial charge in [0, 0.05) is 56.0 Å². The fourth-order valence-electron chi connectivity index (χ4n) is 3.89. The summed E-state index contributed by atoms with van der Waals surface area (Å²) < 4.78 is 0. The van der Waals surface area contributed by atoms with Crippen molar-refractivity contribution in [3.8, 4) is 11.1 Å². The molecule has 31 heavy (non-hydrogen) atoms. The molecule has 4 aromatic rings. The van der Waals surface area contributed by atoms with Crippen molar-refractivity contribution in [1.29, 1.82) is 0 Å². The molecule has 0 radical (unpaired) electrons. The van der Waals surface area contributed by atoms with Crippen molar-refractivity contribution in [2.45, 2.75) is 26.4 Å². The van der Waals surface area contributed by atoms with Crippen molar-refractivity contribution in [2.24, 2.45) is 0 Å². The number of fused-ring (bicyclic) bond motifs is 1. The topological polar surface area (TPSA) is 66.8 Å². The molecule has 1 aliphatic heterocycles. The Morgan fingerprint density at radius 3 is 2.65 bits per heavy atom. The molecule has 0 fully saturated rings. The number of pyridine rings is 2. The summed E-state index contributed by atoms with van der Waals surface area (Å²) in [6.45, 7) is 4.42. The third-order valence-corrected chi connectivity index (χ3v) is 5.56. The number of aryl methyl sites for hydroxylation is 1. The lowest BCUT2D eigenvalue weighted by Crippen LogP contribution is -2.31. The van der Waals surface area contributed by atoms with Crippen LogP contribution >= 0.6 is 0 Å². The van der Waals surface area contributed by atoms with Gasteiger partial charge in [-0.15, -0.1) is 0 Å². The predicted molar refractivity (Wildman–Crippen MR) is 123 cm³/mol. The number of rotatable bonds is 5. The Morgan fingerprint density at radius 2 is 1.77 bits per heavy atom. The van der Waals surface area contributed by atoms with E-state index in [1.807, 2.05) is 43.7 Å². The molecule has 0 bridgehead atoms. The van der Waals surface area contributed by atoms with Crippen LogP contribution in [0.4, 0.5) is 11.8 Å². The molecule has 0 aliphatic carbocycles. The molecule has 1 aliphatic rings. The largest absolute Gasteiger partial charge is 0.352 e. The average Bonchev–Trinajstić information content (AvgIpc) is 2.83. The van der Waals surface area contributed by atoms with Gasteiger partial charge in [-0.25, -0.2) is 4.98 Å². The fraction of sp³-hybridized carbons (Fsp3) is 0.200. The molecule has 4 heterocycles. The number of nitrogens with zero attached hydrogens (tertiary/aromatic N) is 5. The van der Waals surface area contributed by atoms with Gasteiger partial charge in [-0.2, -0.15) is 4.98 Å². The van der Waals surface area contributed by atoms with Gasteiger partial charge in [-0.3, -0.25) is 9.97 Å². The summed E-state index contributed by atoms with van der Waals surface area (Å²) in [7, 11) is 0. The molecule has 0 saturated heterocycles. The van der Waals surface area contributed by atoms with Gasteiger partial charge in [0.1, 0.15) is 5.82 Å². The predicted octanol–water partition coefficient (Wildman–Crippen LogP) is 4.42. The summed E-state index contributed by atoms with van der Waals surface area (Å²) in [4.78, 5) is 20.2. The van der Waals surface area contributed by atoms with Gasteiger partial charge in [0.05, 0.1) is 0 Å². The summed E-state index contributed by atoms with van der Waals surface area (Å²) in [6.07, 6.45) is 6.47. The van der Waals surface area contributed by atoms with E-state index in [-0.39, 0.29) is 0 Å². The van der Waals surface area contributed by atoms with E-state index >= 15 is 0 Å². The Kier molecular flexibility index (Phi) is 5.27. The number of hydrogen-bond acceptors (Lipinski definition) is 6. The zero-order valence-corrected chi connectivity index (χ0v) is 17.5. The first-order valence-corrected chi connectivity index (χ1v) is 10.5. The highest BCUT2D eigenvalue weighted by Crippen LogP contribution is 2.23. The molecule has 0 unspecified atom stereocenters. The number of benzene rings is 1. The third kappa shape index (κ3) is 4.38. The molecule has 0 atom stereocenters. The van der Waals surface area contributed by atoms with E-state index in [1.54, 1.807) is 0 Å². The van der Waals surface area contributed by atoms with Crippen molar-refractivity contribution >= 4 is 11.8 Å². The number of nitrogens with one attached hydrogen (secondary N) is 1. The summed E-state index contributed by atoms with van der Waals surface area (Å²) in [5.74, 6) is 1.58. The molecule has 1 N–H and O–H groups in total. The molecule has 154 valence electrons. The zero-order valence-electron chi connectivity index (χ0n) is 17.5. The highest BCUT2D eigenvalue weighted by molar-refractivity contribution is 5.63. The first kappa shape index (κ1) is 19.2. The van der Waals surface area contributed by atoms with Gasteiger partial charge in [-0.05, 0) is 53.4 Å². The molecule has 5 rings (SSSR count). The Labute approximate surface area is 182 Å². The van der Waals surface area contributed by atoms with Crippen LogP contribution < -0.4 is 10.2 Å². The minimum Gasteiger partial charge on any atom is -0.352 e. The maximum atomic E-state index is 4.74. The molecule has 6 heteroatoms. The lowest BCUT2D eigenvalue weighted by Gasteiger charge is -2.29. The lowest BCUT2D eigenvalue weighted by atomic mass is 10.0. The van der Waals surface area contributed by atoms with Gasteiger partial charge in [0.2, 0.25) is 5.95 Å². The van der Waals surface area contributed by atoms with Crippen LogP contribution in [-0.4, -0.2) is 26.5 Å². The van der Waals surface area contributed by atoms with Crippen LogP contribution in [0.15, 0.2) is 73.2 Å². The molecule has 6 nitrogen and oxygen atoms in total. The van der Waals surface area contributed by atoms with E-state index in [2.05, 4.69) is 61.6 Å². The SMILES string of the molecule is Cc1cc(-c2ccc(CNc3nccc(N4CCc5ncccc5C4)n3)cc2)ccn1. The summed E-state index contributed by atoms with van der Waals surface area (Å²) in [5.41, 5.74) is 7.03. The van der Waals surface area contributed by atoms with Crippen molar-refractivity contribution in [2.75, 3.05) is 16.8 Å². The van der Waals surface area contributed by atoms with Crippen molar-refractivity contribution in [3.05, 3.63) is 95.7 Å². The normalized spacial score (nSPS) is 13.0. The van der Waals surface area contributed by atoms with Gasteiger partial charge < -0.3 is 10.2 Å². The van der Waals surface area contributed by atoms with Crippen molar-refractivity contribution in [3.63, 3.8) is 0 Å². The van der Waals surface area contributed by atoms with Gasteiger partial charge in [-0.1, -0.05) is 30.3 Å². The molecular formula is C25H24N6. The van der Waals surface area contributed by atoms with Crippen molar-refractivity contribution < 1.29 is 0 Å². The Morgan fingerprint density at radius 1 is 0.903 bits per heavy atom. The minimum absolute atomic E-state index is 0.642. The Bertz CT molecular complexity index is 1190. The molecule has 3 aromatic heterocycles. The fourth-order valence-corrected chi connectivity index (χ4v) is 3.89. The van der Waals surface area contributed by atoms with Crippen LogP contribution in [-0.2, 0) is 19.5 Å². The van der Waals surface area contributed by atoms with E-state index in [9.17, 15) is 0 Å². The van der Waals surface area contributed by atoms with Crippen LogP contribution in [0, 0.1) is 6.92 Å². The van der Waals surface area contributed by atoms with E-state index in [4.69, 9.17) is 4.98 Å². The van der Waals surface area contributed by atoms with Crippen LogP contribution in [0.1, 0.15) is 22.5 Å². The first-order chi connectivity index (χ1) is 15.2. The van der Waals surface area contributed by atoms with E-state index in [0.29, 0.717) is 12.5 Å². The van der Waals surface area contributed by atoms with Crippen molar-refractivity contribution in [1.82, 2.24) is 19.9 Å². The average molecular weight is 409 g/mol. The summed E-state index contributed by atoms with van der Waals surface area (Å²) >= 11 is 0. The highest BCUT2D eigenvalue weighted by atomic mass is 15.2. The second kappa shape index (κ2) is 8.52. The molecule has 1 aromatic carbocycles. The van der Waals surface area contributed by atoms with E-state index in [1.165, 1.54) is 27.9 Å². The highest BCUT2D eigenvalue weighted by Gasteiger charge is 2.18. The lowest BCUT2D eigenvalue weighted by molar-refractivity contribution is 0.702. The third-order valence-electron chi connectivity index (χ3n) is 5.56. The Hall–Kier alpha value is -3.80. The zero-order chi connectivity index (χ0) is 21.0. The number of hydrogen-bond donors (Lipinski definition) is 1. The number of anilines is 2. The quantitative estimate of drug-likeness (QED) is 0.527. The number of aromatic nitrogens is 4. The summed E-state index contributed by atoms with van der Waals surface area (Å²) in [5, 5.41) is 3.36. The second-order valence-corrected chi connectivity index (χ2v) is 7.76. The van der Waals surface area contributed by atoms with E-state index < -0.39 is 0 Å². The maximum absolute atomic E-state index is 4.74. The van der Waals surface area contributed by atoms with Gasteiger partial charge in [0.15, 0.2) is 0 Å². The van der Waals surface area contributed by atoms with Crippen LogP contribution in [0.2, 0.25) is 0 Å². The standard InChI is InChI=1S/C25H24N6/c1-18-15-21(8-12-26-18)20-6-4-19(5-7-20)16-29-25-28-13-9-24(30-25)31-14-10-23-22(17-31)3-2-11-27-23/h2-9,11-13,15H,10,14,16-17H2,1H3,(H,28,29,30). The monoisotopic (exact) mass is 408 g/mol. The molecule has 0 amide bonds. The van der Waals surface area contributed by atoms with Crippen LogP contribution in [0.5, 0.6) is 0 Å².